The van der Waals surface area contributed by atoms with E-state index in [2.05, 4.69) is 31.9 Å². The van der Waals surface area contributed by atoms with E-state index in [0.29, 0.717) is 32.8 Å². The molecular formula is C29H50N6O7. The second-order valence-electron chi connectivity index (χ2n) is 11.1. The molecule has 0 saturated heterocycles. The van der Waals surface area contributed by atoms with Gasteiger partial charge in [-0.1, -0.05) is 59.8 Å². The molecule has 0 aromatic carbocycles. The Balaban J connectivity index is 2.89. The highest BCUT2D eigenvalue weighted by Gasteiger charge is 2.31. The second-order valence-corrected chi connectivity index (χ2v) is 11.1. The third kappa shape index (κ3) is 13.9. The average Bonchev–Trinajstić information content (AvgIpc) is 2.92. The summed E-state index contributed by atoms with van der Waals surface area (Å²) in [5, 5.41) is 16.4. The van der Waals surface area contributed by atoms with Crippen LogP contribution in [0.4, 0.5) is 4.79 Å². The molecule has 0 fully saturated rings. The first-order chi connectivity index (χ1) is 19.9. The minimum absolute atomic E-state index is 0.00988. The van der Waals surface area contributed by atoms with Gasteiger partial charge in [0.2, 0.25) is 23.6 Å². The predicted octanol–water partition coefficient (Wildman–Crippen LogP) is 0.372. The maximum absolute atomic E-state index is 13.3. The van der Waals surface area contributed by atoms with Crippen LogP contribution in [0.15, 0.2) is 24.3 Å². The summed E-state index contributed by atoms with van der Waals surface area (Å²) in [6.07, 6.45) is 6.75. The van der Waals surface area contributed by atoms with Crippen LogP contribution in [0.25, 0.3) is 0 Å². The zero-order valence-electron chi connectivity index (χ0n) is 26.0. The Morgan fingerprint density at radius 1 is 0.929 bits per heavy atom. The number of ether oxygens (including phenoxy) is 2. The van der Waals surface area contributed by atoms with E-state index in [4.69, 9.17) is 9.47 Å². The number of carbonyl (C=O) groups excluding carboxylic acids is 5. The molecule has 42 heavy (non-hydrogen) atoms. The van der Waals surface area contributed by atoms with Crippen LogP contribution in [0.1, 0.15) is 48.0 Å². The average molecular weight is 595 g/mol. The van der Waals surface area contributed by atoms with E-state index >= 15 is 0 Å². The van der Waals surface area contributed by atoms with Crippen LogP contribution < -0.4 is 31.9 Å². The molecule has 238 valence electrons. The highest BCUT2D eigenvalue weighted by Crippen LogP contribution is 2.08. The summed E-state index contributed by atoms with van der Waals surface area (Å²) < 4.78 is 10.3. The van der Waals surface area contributed by atoms with Crippen LogP contribution in [0, 0.1) is 17.8 Å². The third-order valence-corrected chi connectivity index (χ3v) is 6.45. The van der Waals surface area contributed by atoms with Crippen molar-refractivity contribution in [2.75, 3.05) is 40.0 Å². The maximum atomic E-state index is 13.3. The quantitative estimate of drug-likeness (QED) is 0.124. The molecule has 0 spiro atoms. The fourth-order valence-electron chi connectivity index (χ4n) is 3.89. The molecule has 6 N–H and O–H groups in total. The molecule has 0 saturated carbocycles. The van der Waals surface area contributed by atoms with Gasteiger partial charge in [-0.2, -0.15) is 0 Å². The van der Waals surface area contributed by atoms with Crippen molar-refractivity contribution in [2.45, 2.75) is 72.1 Å². The van der Waals surface area contributed by atoms with Gasteiger partial charge in [-0.05, 0) is 24.2 Å². The van der Waals surface area contributed by atoms with Crippen LogP contribution in [0.3, 0.4) is 0 Å². The van der Waals surface area contributed by atoms with Gasteiger partial charge in [0, 0.05) is 32.3 Å². The van der Waals surface area contributed by atoms with Gasteiger partial charge in [-0.3, -0.25) is 19.2 Å². The molecule has 6 amide bonds. The molecule has 4 unspecified atom stereocenters. The second kappa shape index (κ2) is 19.6. The molecule has 13 heteroatoms. The summed E-state index contributed by atoms with van der Waals surface area (Å²) in [6.45, 7) is 12.7. The van der Waals surface area contributed by atoms with Crippen molar-refractivity contribution < 1.29 is 33.4 Å². The number of rotatable bonds is 14. The first-order valence-electron chi connectivity index (χ1n) is 14.5. The molecular weight excluding hydrogens is 544 g/mol. The Bertz CT molecular complexity index is 951. The number of amides is 6. The largest absolute Gasteiger partial charge is 0.382 e. The Kier molecular flexibility index (Phi) is 17.1. The Morgan fingerprint density at radius 2 is 1.57 bits per heavy atom. The Labute approximate surface area is 249 Å². The van der Waals surface area contributed by atoms with Crippen molar-refractivity contribution in [3.8, 4) is 0 Å². The van der Waals surface area contributed by atoms with E-state index in [0.717, 1.165) is 0 Å². The minimum Gasteiger partial charge on any atom is -0.382 e. The number of urea groups is 1. The van der Waals surface area contributed by atoms with E-state index in [1.165, 1.54) is 6.08 Å². The van der Waals surface area contributed by atoms with E-state index < -0.39 is 42.0 Å². The zero-order chi connectivity index (χ0) is 31.7. The number of hydrogen-bond acceptors (Lipinski definition) is 7. The van der Waals surface area contributed by atoms with E-state index in [1.807, 2.05) is 13.8 Å². The third-order valence-electron chi connectivity index (χ3n) is 6.45. The summed E-state index contributed by atoms with van der Waals surface area (Å²) in [5.74, 6) is -2.19. The van der Waals surface area contributed by atoms with Crippen LogP contribution >= 0.6 is 0 Å². The van der Waals surface area contributed by atoms with Crippen molar-refractivity contribution in [1.82, 2.24) is 31.9 Å². The normalized spacial score (nSPS) is 19.3. The molecule has 1 aliphatic heterocycles. The van der Waals surface area contributed by atoms with Crippen LogP contribution in [0.5, 0.6) is 0 Å². The lowest BCUT2D eigenvalue weighted by molar-refractivity contribution is -0.129. The van der Waals surface area contributed by atoms with Gasteiger partial charge in [0.15, 0.2) is 0 Å². The lowest BCUT2D eigenvalue weighted by atomic mass is 10.0. The van der Waals surface area contributed by atoms with Crippen molar-refractivity contribution in [3.63, 3.8) is 0 Å². The monoisotopic (exact) mass is 594 g/mol. The fourth-order valence-corrected chi connectivity index (χ4v) is 3.89. The highest BCUT2D eigenvalue weighted by atomic mass is 16.5. The molecule has 0 aromatic heterocycles. The molecule has 1 rings (SSSR count). The number of hydrogen-bond donors (Lipinski definition) is 6. The smallest absolute Gasteiger partial charge is 0.316 e. The van der Waals surface area contributed by atoms with Gasteiger partial charge in [0.25, 0.3) is 0 Å². The van der Waals surface area contributed by atoms with E-state index in [-0.39, 0.29) is 36.1 Å². The van der Waals surface area contributed by atoms with Crippen molar-refractivity contribution in [3.05, 3.63) is 24.3 Å². The molecule has 4 atom stereocenters. The summed E-state index contributed by atoms with van der Waals surface area (Å²) in [5.41, 5.74) is 0. The Hall–Kier alpha value is -3.45. The molecule has 0 radical (unpaired) electrons. The van der Waals surface area contributed by atoms with Crippen LogP contribution in [-0.2, 0) is 28.7 Å². The van der Waals surface area contributed by atoms with E-state index in [1.54, 1.807) is 53.0 Å². The van der Waals surface area contributed by atoms with Crippen LogP contribution in [0.2, 0.25) is 0 Å². The molecule has 1 heterocycles. The van der Waals surface area contributed by atoms with Gasteiger partial charge in [0.1, 0.15) is 18.1 Å². The summed E-state index contributed by atoms with van der Waals surface area (Å²) in [6, 6.07) is -3.96. The first-order valence-corrected chi connectivity index (χ1v) is 14.5. The Morgan fingerprint density at radius 3 is 2.17 bits per heavy atom. The number of carbonyl (C=O) groups is 5. The summed E-state index contributed by atoms with van der Waals surface area (Å²) in [4.78, 5) is 64.1. The molecule has 0 aliphatic carbocycles. The molecule has 13 nitrogen and oxygen atoms in total. The van der Waals surface area contributed by atoms with Crippen molar-refractivity contribution in [1.29, 1.82) is 0 Å². The van der Waals surface area contributed by atoms with Crippen LogP contribution in [-0.4, -0.2) is 93.8 Å². The minimum atomic E-state index is -1.01. The summed E-state index contributed by atoms with van der Waals surface area (Å²) in [7, 11) is 1.57. The lowest BCUT2D eigenvalue weighted by Gasteiger charge is -2.27. The maximum Gasteiger partial charge on any atom is 0.316 e. The lowest BCUT2D eigenvalue weighted by Crippen LogP contribution is -2.59. The van der Waals surface area contributed by atoms with Gasteiger partial charge in [-0.25, -0.2) is 4.79 Å². The predicted molar refractivity (Wildman–Crippen MR) is 159 cm³/mol. The zero-order valence-corrected chi connectivity index (χ0v) is 26.0. The summed E-state index contributed by atoms with van der Waals surface area (Å²) >= 11 is 0. The number of nitrogens with one attached hydrogen (secondary N) is 6. The van der Waals surface area contributed by atoms with Crippen molar-refractivity contribution >= 4 is 29.7 Å². The molecule has 0 aromatic rings. The number of methoxy groups -OCH3 is 1. The van der Waals surface area contributed by atoms with Gasteiger partial charge in [0.05, 0.1) is 19.8 Å². The van der Waals surface area contributed by atoms with Gasteiger partial charge >= 0.3 is 6.03 Å². The van der Waals surface area contributed by atoms with Gasteiger partial charge in [-0.15, -0.1) is 0 Å². The highest BCUT2D eigenvalue weighted by molar-refractivity contribution is 5.94. The SMILES string of the molecule is COCCOCCNC(=O)C(NC(=O)NC(C(=O)NC1C=CCCNC(=O)C=CC(C(C)C)NC1=O)C(C)C)C(C)C. The molecule has 1 aliphatic rings. The topological polar surface area (TPSA) is 176 Å². The first kappa shape index (κ1) is 36.6. The standard InChI is InChI=1S/C29H50N6O7/c1-18(2)21-11-12-23(36)30-13-9-8-10-22(26(37)32-21)33-28(39)25(20(5)6)35-29(40)34-24(19(3)4)27(38)31-14-15-42-17-16-41-7/h8,10-12,18-22,24-25H,9,13-17H2,1-7H3,(H,30,36)(H,31,38)(H,32,37)(H,33,39)(H2,34,35,40). The molecule has 0 bridgehead atoms. The fraction of sp³-hybridized carbons (Fsp3) is 0.690. The van der Waals surface area contributed by atoms with E-state index in [9.17, 15) is 24.0 Å². The van der Waals surface area contributed by atoms with Crippen molar-refractivity contribution in [2.24, 2.45) is 17.8 Å². The van der Waals surface area contributed by atoms with Gasteiger partial charge < -0.3 is 41.4 Å².